The van der Waals surface area contributed by atoms with E-state index < -0.39 is 38.3 Å². The fourth-order valence-electron chi connectivity index (χ4n) is 2.76. The van der Waals surface area contributed by atoms with Crippen molar-refractivity contribution in [1.82, 2.24) is 9.55 Å². The molecule has 30 heavy (non-hydrogen) atoms. The number of imidazole rings is 1. The first-order valence-corrected chi connectivity index (χ1v) is 11.2. The van der Waals surface area contributed by atoms with Crippen LogP contribution in [0.3, 0.4) is 0 Å². The van der Waals surface area contributed by atoms with Crippen molar-refractivity contribution < 1.29 is 22.1 Å². The van der Waals surface area contributed by atoms with Crippen LogP contribution in [0.5, 0.6) is 0 Å². The van der Waals surface area contributed by atoms with Crippen molar-refractivity contribution >= 4 is 50.5 Å². The minimum Gasteiger partial charge on any atom is -0.390 e. The average Bonchev–Trinajstić information content (AvgIpc) is 3.00. The predicted molar refractivity (Wildman–Crippen MR) is 111 cm³/mol. The van der Waals surface area contributed by atoms with Crippen LogP contribution in [0.1, 0.15) is 5.69 Å². The van der Waals surface area contributed by atoms with Gasteiger partial charge in [0.2, 0.25) is 10.0 Å². The minimum atomic E-state index is -4.13. The van der Waals surface area contributed by atoms with Gasteiger partial charge in [-0.05, 0) is 4.92 Å². The van der Waals surface area contributed by atoms with Crippen LogP contribution in [0.25, 0.3) is 0 Å². The molecular weight excluding hydrogens is 467 g/mol. The zero-order valence-electron chi connectivity index (χ0n) is 16.1. The highest BCUT2D eigenvalue weighted by molar-refractivity contribution is 7.92. The molecule has 14 heteroatoms. The summed E-state index contributed by atoms with van der Waals surface area (Å²) in [6.07, 6.45) is 1.06. The Morgan fingerprint density at radius 3 is 2.17 bits per heavy atom. The van der Waals surface area contributed by atoms with Crippen molar-refractivity contribution in [3.05, 3.63) is 45.8 Å². The number of alkyl halides is 2. The van der Waals surface area contributed by atoms with Crippen molar-refractivity contribution in [3.63, 3.8) is 0 Å². The van der Waals surface area contributed by atoms with Gasteiger partial charge in [0.25, 0.3) is 0 Å². The second-order valence-corrected chi connectivity index (χ2v) is 8.97. The maximum absolute atomic E-state index is 14.7. The van der Waals surface area contributed by atoms with Crippen LogP contribution in [0.15, 0.2) is 18.3 Å². The van der Waals surface area contributed by atoms with Gasteiger partial charge in [-0.1, -0.05) is 4.98 Å². The van der Waals surface area contributed by atoms with Gasteiger partial charge < -0.3 is 15.0 Å². The minimum absolute atomic E-state index is 0.0431. The van der Waals surface area contributed by atoms with E-state index in [4.69, 9.17) is 23.2 Å². The molecule has 1 aromatic heterocycles. The molecule has 0 radical (unpaired) electrons. The third-order valence-electron chi connectivity index (χ3n) is 4.36. The Labute approximate surface area is 182 Å². The van der Waals surface area contributed by atoms with E-state index in [0.29, 0.717) is 4.31 Å². The van der Waals surface area contributed by atoms with Crippen LogP contribution in [-0.2, 0) is 22.8 Å². The molecule has 1 heterocycles. The summed E-state index contributed by atoms with van der Waals surface area (Å²) in [7, 11) is -1.70. The van der Waals surface area contributed by atoms with Crippen LogP contribution in [0, 0.1) is 21.7 Å². The van der Waals surface area contributed by atoms with E-state index in [0.717, 1.165) is 29.9 Å². The van der Waals surface area contributed by atoms with Crippen LogP contribution in [-0.4, -0.2) is 54.8 Å². The maximum atomic E-state index is 14.7. The van der Waals surface area contributed by atoms with Gasteiger partial charge in [-0.15, -0.1) is 23.2 Å². The molecule has 0 aliphatic rings. The number of benzene rings is 1. The molecule has 0 bridgehead atoms. The highest BCUT2D eigenvalue weighted by Gasteiger charge is 2.28. The smallest absolute Gasteiger partial charge is 0.390 e. The first-order valence-electron chi connectivity index (χ1n) is 8.51. The van der Waals surface area contributed by atoms with Gasteiger partial charge in [-0.2, -0.15) is 0 Å². The normalized spacial score (nSPS) is 11.5. The summed E-state index contributed by atoms with van der Waals surface area (Å²) in [5.41, 5.74) is -0.559. The number of rotatable bonds is 10. The van der Waals surface area contributed by atoms with E-state index in [1.807, 2.05) is 0 Å². The first-order chi connectivity index (χ1) is 14.0. The highest BCUT2D eigenvalue weighted by atomic mass is 35.5. The number of aromatic nitrogens is 2. The number of nitrogens with zero attached hydrogens (tertiary/aromatic N) is 5. The third kappa shape index (κ3) is 5.10. The second-order valence-electron chi connectivity index (χ2n) is 6.21. The van der Waals surface area contributed by atoms with Gasteiger partial charge in [0.1, 0.15) is 23.3 Å². The average molecular weight is 486 g/mol. The lowest BCUT2D eigenvalue weighted by Crippen LogP contribution is -2.31. The SMILES string of the molecule is CN(c1cc(F)c(N(CCCl)CCCl)c(F)c1)S(=O)(=O)Cc1cnc([N+](=O)[O-])n1C. The molecule has 2 aromatic rings. The summed E-state index contributed by atoms with van der Waals surface area (Å²) in [5, 5.41) is 10.9. The molecule has 0 saturated heterocycles. The maximum Gasteiger partial charge on any atom is 0.434 e. The van der Waals surface area contributed by atoms with Gasteiger partial charge >= 0.3 is 5.95 Å². The van der Waals surface area contributed by atoms with Gasteiger partial charge in [-0.25, -0.2) is 21.8 Å². The number of sulfonamides is 1. The quantitative estimate of drug-likeness (QED) is 0.291. The fourth-order valence-corrected chi connectivity index (χ4v) is 4.43. The summed E-state index contributed by atoms with van der Waals surface area (Å²) in [5.74, 6) is -2.90. The lowest BCUT2D eigenvalue weighted by molar-refractivity contribution is -0.396. The van der Waals surface area contributed by atoms with Crippen LogP contribution in [0.4, 0.5) is 26.1 Å². The Balaban J connectivity index is 2.35. The third-order valence-corrected chi connectivity index (χ3v) is 6.41. The van der Waals surface area contributed by atoms with Crippen molar-refractivity contribution in [3.8, 4) is 0 Å². The van der Waals surface area contributed by atoms with E-state index in [-0.39, 0.29) is 41.9 Å². The van der Waals surface area contributed by atoms with Crippen LogP contribution in [0.2, 0.25) is 0 Å². The van der Waals surface area contributed by atoms with Crippen LogP contribution >= 0.6 is 23.2 Å². The molecular formula is C16H19Cl2F2N5O4S. The van der Waals surface area contributed by atoms with Crippen LogP contribution < -0.4 is 9.21 Å². The largest absolute Gasteiger partial charge is 0.434 e. The Kier molecular flexibility index (Phi) is 7.83. The molecule has 0 aliphatic carbocycles. The van der Waals surface area contributed by atoms with E-state index in [1.165, 1.54) is 11.9 Å². The van der Waals surface area contributed by atoms with Gasteiger partial charge in [0.05, 0.1) is 12.7 Å². The predicted octanol–water partition coefficient (Wildman–Crippen LogP) is 2.86. The molecule has 2 rings (SSSR count). The number of hydrogen-bond acceptors (Lipinski definition) is 6. The van der Waals surface area contributed by atoms with E-state index in [1.54, 1.807) is 0 Å². The lowest BCUT2D eigenvalue weighted by Gasteiger charge is -2.26. The fraction of sp³-hybridized carbons (Fsp3) is 0.438. The Bertz CT molecular complexity index is 1010. The Morgan fingerprint density at radius 2 is 1.73 bits per heavy atom. The summed E-state index contributed by atoms with van der Waals surface area (Å²) in [4.78, 5) is 15.0. The monoisotopic (exact) mass is 485 g/mol. The molecule has 0 saturated carbocycles. The number of nitro groups is 1. The highest BCUT2D eigenvalue weighted by Crippen LogP contribution is 2.30. The molecule has 0 atom stereocenters. The molecule has 0 amide bonds. The summed E-state index contributed by atoms with van der Waals surface area (Å²) in [6, 6.07) is 1.77. The number of hydrogen-bond donors (Lipinski definition) is 0. The van der Waals surface area contributed by atoms with Crippen molar-refractivity contribution in [2.75, 3.05) is 41.1 Å². The zero-order chi connectivity index (χ0) is 22.6. The van der Waals surface area contributed by atoms with Crippen molar-refractivity contribution in [2.24, 2.45) is 7.05 Å². The Hall–Kier alpha value is -2.18. The molecule has 0 fully saturated rings. The van der Waals surface area contributed by atoms with Gasteiger partial charge in [0.15, 0.2) is 11.6 Å². The Morgan fingerprint density at radius 1 is 1.20 bits per heavy atom. The molecule has 0 unspecified atom stereocenters. The van der Waals surface area contributed by atoms with Gasteiger partial charge in [-0.3, -0.25) is 4.31 Å². The van der Waals surface area contributed by atoms with Crippen molar-refractivity contribution in [1.29, 1.82) is 0 Å². The lowest BCUT2D eigenvalue weighted by atomic mass is 10.2. The van der Waals surface area contributed by atoms with Crippen molar-refractivity contribution in [2.45, 2.75) is 5.75 Å². The summed E-state index contributed by atoms with van der Waals surface area (Å²) in [6.45, 7) is 0.295. The second kappa shape index (κ2) is 9.75. The summed E-state index contributed by atoms with van der Waals surface area (Å²) < 4.78 is 56.5. The molecule has 0 aliphatic heterocycles. The van der Waals surface area contributed by atoms with E-state index in [9.17, 15) is 27.3 Å². The summed E-state index contributed by atoms with van der Waals surface area (Å²) >= 11 is 11.3. The van der Waals surface area contributed by atoms with E-state index >= 15 is 0 Å². The number of anilines is 2. The first kappa shape index (κ1) is 24.1. The molecule has 0 spiro atoms. The molecule has 0 N–H and O–H groups in total. The zero-order valence-corrected chi connectivity index (χ0v) is 18.4. The number of halogens is 4. The topological polar surface area (TPSA) is 102 Å². The standard InChI is InChI=1S/C16H19Cl2F2N5O4S/c1-22-12(9-21-16(22)25(26)27)10-30(28,29)23(2)11-7-13(19)15(14(20)8-11)24(5-3-17)6-4-18/h7-9H,3-6,10H2,1-2H3. The van der Waals surface area contributed by atoms with Gasteiger partial charge in [0, 0.05) is 44.0 Å². The molecule has 166 valence electrons. The molecule has 1 aromatic carbocycles. The van der Waals surface area contributed by atoms with E-state index in [2.05, 4.69) is 4.98 Å². The molecule has 9 nitrogen and oxygen atoms in total.